The van der Waals surface area contributed by atoms with Crippen LogP contribution in [0.1, 0.15) is 83.0 Å². The zero-order chi connectivity index (χ0) is 34.1. The summed E-state index contributed by atoms with van der Waals surface area (Å²) in [5, 5.41) is 25.6. The Morgan fingerprint density at radius 2 is 1.72 bits per heavy atom. The first-order chi connectivity index (χ1) is 22.2. The number of fused-ring (bicyclic) bond motifs is 1. The number of esters is 2. The topological polar surface area (TPSA) is 170 Å². The van der Waals surface area contributed by atoms with Gasteiger partial charge in [0.1, 0.15) is 30.0 Å². The molecule has 1 aromatic carbocycles. The molecule has 2 amide bonds. The number of amides is 2. The van der Waals surface area contributed by atoms with Crippen molar-refractivity contribution in [2.45, 2.75) is 121 Å². The molecule has 3 aliphatic carbocycles. The zero-order valence-electron chi connectivity index (χ0n) is 27.2. The molecule has 0 bridgehead atoms. The summed E-state index contributed by atoms with van der Waals surface area (Å²) in [6, 6.07) is 4.88. The molecule has 0 aromatic heterocycles. The van der Waals surface area contributed by atoms with E-state index in [1.165, 1.54) is 6.92 Å². The van der Waals surface area contributed by atoms with Gasteiger partial charge in [-0.05, 0) is 101 Å². The summed E-state index contributed by atoms with van der Waals surface area (Å²) in [5.74, 6) is -2.66. The van der Waals surface area contributed by atoms with E-state index >= 15 is 0 Å². The summed E-state index contributed by atoms with van der Waals surface area (Å²) in [7, 11) is 0. The smallest absolute Gasteiger partial charge is 0.339 e. The zero-order valence-corrected chi connectivity index (χ0v) is 29.4. The molecule has 47 heavy (non-hydrogen) atoms. The lowest BCUT2D eigenvalue weighted by Gasteiger charge is -2.32. The molecular formula is C34H45IN2O10. The number of carbonyl (C=O) groups excluding carboxylic acids is 4. The number of hydrogen-bond acceptors (Lipinski definition) is 10. The van der Waals surface area contributed by atoms with Crippen LogP contribution >= 0.6 is 22.6 Å². The Kier molecular flexibility index (Phi) is 11.0. The minimum atomic E-state index is -1.37. The van der Waals surface area contributed by atoms with E-state index in [0.717, 1.165) is 29.3 Å². The van der Waals surface area contributed by atoms with Crippen LogP contribution in [0.2, 0.25) is 0 Å². The van der Waals surface area contributed by atoms with Gasteiger partial charge in [0.15, 0.2) is 5.79 Å². The second-order valence-corrected chi connectivity index (χ2v) is 15.1. The number of benzene rings is 1. The van der Waals surface area contributed by atoms with Crippen LogP contribution in [0, 0.1) is 15.4 Å². The largest absolute Gasteiger partial charge is 0.460 e. The van der Waals surface area contributed by atoms with E-state index in [4.69, 9.17) is 18.9 Å². The van der Waals surface area contributed by atoms with E-state index in [-0.39, 0.29) is 36.7 Å². The van der Waals surface area contributed by atoms with Crippen LogP contribution in [0.15, 0.2) is 35.9 Å². The summed E-state index contributed by atoms with van der Waals surface area (Å²) < 4.78 is 25.3. The summed E-state index contributed by atoms with van der Waals surface area (Å²) in [6.07, 6.45) is 2.30. The molecule has 4 aliphatic rings. The number of hydrogen-bond donors (Lipinski definition) is 4. The maximum absolute atomic E-state index is 13.7. The molecule has 6 atom stereocenters. The molecule has 1 aliphatic heterocycles. The maximum atomic E-state index is 13.7. The standard InChI is InChI=1S/C34H45IN2O10/c1-18(39)28(31(42)36-22(17-38)13-14-27(40)46-33(2,3)4)37-30(41)19-15-25(44-32(43)23-7-5-6-8-24(23)35)29-26(16-19)45-34(47-29,20-9-10-20)21-11-12-21/h5-8,16,18,20-22,25-26,28-29,38-39H,9-15,17H2,1-4H3,(H,36,42)(H,37,41)/t18-,22-,25+,26+,28+,29-/m0/s1. The molecule has 0 spiro atoms. The van der Waals surface area contributed by atoms with Gasteiger partial charge < -0.3 is 39.8 Å². The van der Waals surface area contributed by atoms with Crippen molar-refractivity contribution in [3.63, 3.8) is 0 Å². The van der Waals surface area contributed by atoms with Gasteiger partial charge in [-0.15, -0.1) is 0 Å². The third kappa shape index (κ3) is 8.72. The quantitative estimate of drug-likeness (QED) is 0.173. The number of aliphatic hydroxyl groups excluding tert-OH is 2. The fourth-order valence-electron chi connectivity index (χ4n) is 6.22. The lowest BCUT2D eigenvalue weighted by molar-refractivity contribution is -0.209. The van der Waals surface area contributed by atoms with Crippen molar-refractivity contribution in [1.82, 2.24) is 10.6 Å². The van der Waals surface area contributed by atoms with E-state index < -0.39 is 78.2 Å². The van der Waals surface area contributed by atoms with Crippen molar-refractivity contribution >= 4 is 46.3 Å². The van der Waals surface area contributed by atoms with Gasteiger partial charge in [0.2, 0.25) is 11.8 Å². The van der Waals surface area contributed by atoms with Gasteiger partial charge in [0.25, 0.3) is 0 Å². The molecule has 1 saturated heterocycles. The minimum Gasteiger partial charge on any atom is -0.460 e. The highest BCUT2D eigenvalue weighted by atomic mass is 127. The Balaban J connectivity index is 1.29. The van der Waals surface area contributed by atoms with Gasteiger partial charge in [-0.3, -0.25) is 14.4 Å². The molecule has 2 saturated carbocycles. The fraction of sp³-hybridized carbons (Fsp3) is 0.647. The number of nitrogens with one attached hydrogen (secondary N) is 2. The third-order valence-corrected chi connectivity index (χ3v) is 9.73. The summed E-state index contributed by atoms with van der Waals surface area (Å²) in [6.45, 7) is 6.13. The summed E-state index contributed by atoms with van der Waals surface area (Å²) in [4.78, 5) is 52.4. The molecule has 12 nitrogen and oxygen atoms in total. The molecule has 5 rings (SSSR count). The lowest BCUT2D eigenvalue weighted by Crippen LogP contribution is -2.55. The summed E-state index contributed by atoms with van der Waals surface area (Å²) in [5.41, 5.74) is -0.0368. The predicted octanol–water partition coefficient (Wildman–Crippen LogP) is 2.91. The Hall–Kier alpha value is -2.59. The molecule has 13 heteroatoms. The van der Waals surface area contributed by atoms with Crippen LogP contribution in [0.4, 0.5) is 0 Å². The van der Waals surface area contributed by atoms with E-state index in [0.29, 0.717) is 5.56 Å². The highest BCUT2D eigenvalue weighted by molar-refractivity contribution is 14.1. The van der Waals surface area contributed by atoms with Gasteiger partial charge in [-0.25, -0.2) is 4.79 Å². The van der Waals surface area contributed by atoms with Gasteiger partial charge in [-0.2, -0.15) is 0 Å². The predicted molar refractivity (Wildman–Crippen MR) is 177 cm³/mol. The van der Waals surface area contributed by atoms with Crippen LogP contribution in [0.3, 0.4) is 0 Å². The molecule has 1 aromatic rings. The Bertz CT molecular complexity index is 1370. The van der Waals surface area contributed by atoms with Gasteiger partial charge in [0.05, 0.1) is 24.3 Å². The molecule has 3 fully saturated rings. The van der Waals surface area contributed by atoms with Crippen LogP contribution in [0.5, 0.6) is 0 Å². The van der Waals surface area contributed by atoms with Crippen molar-refractivity contribution in [2.24, 2.45) is 11.8 Å². The minimum absolute atomic E-state index is 0.0141. The van der Waals surface area contributed by atoms with E-state index in [2.05, 4.69) is 33.2 Å². The normalized spacial score (nSPS) is 25.4. The number of ether oxygens (including phenoxy) is 4. The van der Waals surface area contributed by atoms with Crippen molar-refractivity contribution in [3.8, 4) is 0 Å². The maximum Gasteiger partial charge on any atom is 0.339 e. The van der Waals surface area contributed by atoms with Crippen molar-refractivity contribution in [1.29, 1.82) is 0 Å². The first-order valence-electron chi connectivity index (χ1n) is 16.3. The molecule has 4 N–H and O–H groups in total. The SMILES string of the molecule is C[C@H](O)[C@@H](NC(=O)C1=C[C@H]2OC(C3CC3)(C3CC3)O[C@H]2[C@H](OC(=O)c2ccccc2I)C1)C(=O)N[C@H](CO)CCC(=O)OC(C)(C)C. The van der Waals surface area contributed by atoms with Crippen LogP contribution in [-0.2, 0) is 33.3 Å². The molecule has 0 radical (unpaired) electrons. The van der Waals surface area contributed by atoms with Crippen molar-refractivity contribution in [2.75, 3.05) is 6.61 Å². The van der Waals surface area contributed by atoms with E-state index in [9.17, 15) is 29.4 Å². The van der Waals surface area contributed by atoms with Crippen LogP contribution in [-0.4, -0.2) is 88.5 Å². The van der Waals surface area contributed by atoms with Gasteiger partial charge in [0, 0.05) is 33.8 Å². The third-order valence-electron chi connectivity index (χ3n) is 8.79. The Morgan fingerprint density at radius 3 is 2.30 bits per heavy atom. The first kappa shape index (κ1) is 35.7. The first-order valence-corrected chi connectivity index (χ1v) is 17.4. The molecule has 1 heterocycles. The van der Waals surface area contributed by atoms with Crippen molar-refractivity contribution in [3.05, 3.63) is 45.0 Å². The highest BCUT2D eigenvalue weighted by Gasteiger charge is 2.64. The monoisotopic (exact) mass is 768 g/mol. The highest BCUT2D eigenvalue weighted by Crippen LogP contribution is 2.59. The number of carbonyl (C=O) groups is 4. The lowest BCUT2D eigenvalue weighted by atomic mass is 9.91. The Morgan fingerprint density at radius 1 is 1.06 bits per heavy atom. The van der Waals surface area contributed by atoms with E-state index in [1.807, 2.05) is 6.07 Å². The van der Waals surface area contributed by atoms with E-state index in [1.54, 1.807) is 45.0 Å². The average molecular weight is 769 g/mol. The number of aliphatic hydroxyl groups is 2. The summed E-state index contributed by atoms with van der Waals surface area (Å²) >= 11 is 2.07. The number of halogens is 1. The van der Waals surface area contributed by atoms with Crippen molar-refractivity contribution < 1.29 is 48.3 Å². The number of rotatable bonds is 13. The molecule has 0 unspecified atom stereocenters. The molecular weight excluding hydrogens is 723 g/mol. The van der Waals surface area contributed by atoms with Crippen LogP contribution in [0.25, 0.3) is 0 Å². The molecule has 258 valence electrons. The fourth-order valence-corrected chi connectivity index (χ4v) is 6.83. The Labute approximate surface area is 288 Å². The second-order valence-electron chi connectivity index (χ2n) is 14.0. The van der Waals surface area contributed by atoms with Gasteiger partial charge >= 0.3 is 11.9 Å². The van der Waals surface area contributed by atoms with Gasteiger partial charge in [-0.1, -0.05) is 12.1 Å². The average Bonchev–Trinajstić information content (AvgIpc) is 3.94. The second kappa shape index (κ2) is 14.5. The van der Waals surface area contributed by atoms with Crippen LogP contribution < -0.4 is 10.6 Å².